The van der Waals surface area contributed by atoms with Crippen molar-refractivity contribution < 1.29 is 14.0 Å². The van der Waals surface area contributed by atoms with Crippen molar-refractivity contribution in [2.45, 2.75) is 38.1 Å². The highest BCUT2D eigenvalue weighted by Gasteiger charge is 2.22. The van der Waals surface area contributed by atoms with E-state index >= 15 is 0 Å². The first-order valence-corrected chi connectivity index (χ1v) is 11.7. The fraction of sp³-hybridized carbons (Fsp3) is 0.200. The summed E-state index contributed by atoms with van der Waals surface area (Å²) in [6.07, 6.45) is 3.28. The van der Waals surface area contributed by atoms with Gasteiger partial charge >= 0.3 is 0 Å². The Morgan fingerprint density at radius 1 is 0.735 bits per heavy atom. The lowest BCUT2D eigenvalue weighted by atomic mass is 9.97. The van der Waals surface area contributed by atoms with Crippen molar-refractivity contribution in [1.82, 2.24) is 5.32 Å². The quantitative estimate of drug-likeness (QED) is 0.286. The minimum atomic E-state index is -0.666. The topological polar surface area (TPSA) is 46.2 Å². The van der Waals surface area contributed by atoms with E-state index in [1.165, 1.54) is 17.7 Å². The van der Waals surface area contributed by atoms with E-state index in [-0.39, 0.29) is 17.5 Å². The van der Waals surface area contributed by atoms with E-state index < -0.39 is 6.04 Å². The number of amides is 1. The third-order valence-corrected chi connectivity index (χ3v) is 6.04. The summed E-state index contributed by atoms with van der Waals surface area (Å²) in [6.45, 7) is 0. The first-order chi connectivity index (χ1) is 16.6. The number of benzene rings is 4. The zero-order valence-corrected chi connectivity index (χ0v) is 19.0. The second-order valence-electron chi connectivity index (χ2n) is 8.58. The average Bonchev–Trinajstić information content (AvgIpc) is 2.87. The molecule has 0 heterocycles. The molecule has 0 unspecified atom stereocenters. The van der Waals surface area contributed by atoms with Crippen LogP contribution in [0.2, 0.25) is 0 Å². The first-order valence-electron chi connectivity index (χ1n) is 11.7. The summed E-state index contributed by atoms with van der Waals surface area (Å²) in [5, 5.41) is 4.96. The number of fused-ring (bicyclic) bond motifs is 1. The number of hydrogen-bond acceptors (Lipinski definition) is 2. The molecule has 0 aliphatic heterocycles. The van der Waals surface area contributed by atoms with Gasteiger partial charge < -0.3 is 5.32 Å². The molecule has 1 amide bonds. The molecule has 0 spiro atoms. The molecule has 3 nitrogen and oxygen atoms in total. The molecule has 0 bridgehead atoms. The van der Waals surface area contributed by atoms with Gasteiger partial charge in [0.25, 0.3) is 5.91 Å². The van der Waals surface area contributed by atoms with Crippen LogP contribution in [-0.4, -0.2) is 17.7 Å². The number of carbonyl (C=O) groups is 2. The number of nitrogens with one attached hydrogen (secondary N) is 1. The molecule has 4 aromatic rings. The summed E-state index contributed by atoms with van der Waals surface area (Å²) in [5.41, 5.74) is 2.57. The van der Waals surface area contributed by atoms with Crippen molar-refractivity contribution >= 4 is 22.5 Å². The molecular weight excluding hydrogens is 425 g/mol. The van der Waals surface area contributed by atoms with Crippen LogP contribution in [0.4, 0.5) is 4.39 Å². The van der Waals surface area contributed by atoms with Gasteiger partial charge in [-0.25, -0.2) is 4.39 Å². The van der Waals surface area contributed by atoms with Crippen LogP contribution in [0.5, 0.6) is 0 Å². The second-order valence-corrected chi connectivity index (χ2v) is 8.58. The third kappa shape index (κ3) is 6.38. The molecule has 0 radical (unpaired) electrons. The lowest BCUT2D eigenvalue weighted by molar-refractivity contribution is -0.121. The molecule has 0 saturated carbocycles. The van der Waals surface area contributed by atoms with Crippen LogP contribution in [0.1, 0.15) is 40.7 Å². The molecule has 4 aromatic carbocycles. The summed E-state index contributed by atoms with van der Waals surface area (Å²) in [7, 11) is 0. The van der Waals surface area contributed by atoms with Crippen LogP contribution < -0.4 is 5.32 Å². The largest absolute Gasteiger partial charge is 0.342 e. The van der Waals surface area contributed by atoms with Gasteiger partial charge in [0.1, 0.15) is 5.82 Å². The summed E-state index contributed by atoms with van der Waals surface area (Å²) < 4.78 is 13.4. The number of ketones is 1. The number of halogens is 1. The number of unbranched alkanes of at least 4 members (excludes halogenated alkanes) is 1. The highest BCUT2D eigenvalue weighted by atomic mass is 19.1. The molecule has 1 N–H and O–H groups in total. The maximum Gasteiger partial charge on any atom is 0.251 e. The van der Waals surface area contributed by atoms with Crippen LogP contribution in [0.15, 0.2) is 97.1 Å². The molecular formula is C30H28FNO2. The van der Waals surface area contributed by atoms with Gasteiger partial charge in [-0.1, -0.05) is 72.8 Å². The molecule has 0 aromatic heterocycles. The fourth-order valence-electron chi connectivity index (χ4n) is 4.12. The predicted molar refractivity (Wildman–Crippen MR) is 134 cm³/mol. The number of Topliss-reactive ketones (excluding diaryl/α,β-unsaturated/α-hetero) is 1. The van der Waals surface area contributed by atoms with Crippen LogP contribution in [-0.2, 0) is 17.6 Å². The minimum Gasteiger partial charge on any atom is -0.342 e. The van der Waals surface area contributed by atoms with E-state index in [9.17, 15) is 14.0 Å². The summed E-state index contributed by atoms with van der Waals surface area (Å²) in [4.78, 5) is 26.2. The van der Waals surface area contributed by atoms with Gasteiger partial charge in [-0.2, -0.15) is 0 Å². The minimum absolute atomic E-state index is 0.00785. The third-order valence-electron chi connectivity index (χ3n) is 6.04. The average molecular weight is 454 g/mol. The highest BCUT2D eigenvalue weighted by molar-refractivity contribution is 6.01. The van der Waals surface area contributed by atoms with Gasteiger partial charge in [-0.05, 0) is 71.8 Å². The number of hydrogen-bond donors (Lipinski definition) is 1. The van der Waals surface area contributed by atoms with Crippen LogP contribution in [0, 0.1) is 5.82 Å². The summed E-state index contributed by atoms with van der Waals surface area (Å²) in [5.74, 6) is -0.616. The SMILES string of the molecule is O=C(N[C@@H](Cc1ccc(F)cc1)C(=O)CCCCc1ccccc1)c1ccc2ccccc2c1. The van der Waals surface area contributed by atoms with E-state index in [1.54, 1.807) is 18.2 Å². The molecule has 0 aliphatic rings. The van der Waals surface area contributed by atoms with E-state index in [2.05, 4.69) is 17.4 Å². The van der Waals surface area contributed by atoms with Gasteiger partial charge in [0.15, 0.2) is 5.78 Å². The van der Waals surface area contributed by atoms with Gasteiger partial charge in [-0.3, -0.25) is 9.59 Å². The van der Waals surface area contributed by atoms with Crippen molar-refractivity contribution in [3.05, 3.63) is 120 Å². The highest BCUT2D eigenvalue weighted by Crippen LogP contribution is 2.17. The Morgan fingerprint density at radius 2 is 1.44 bits per heavy atom. The Hall–Kier alpha value is -3.79. The van der Waals surface area contributed by atoms with Gasteiger partial charge in [0, 0.05) is 12.0 Å². The predicted octanol–water partition coefficient (Wildman–Crippen LogP) is 6.30. The molecule has 0 aliphatic carbocycles. The van der Waals surface area contributed by atoms with Crippen molar-refractivity contribution in [3.8, 4) is 0 Å². The summed E-state index contributed by atoms with van der Waals surface area (Å²) in [6, 6.07) is 29.0. The lowest BCUT2D eigenvalue weighted by Gasteiger charge is -2.18. The van der Waals surface area contributed by atoms with Gasteiger partial charge in [0.2, 0.25) is 0 Å². The van der Waals surface area contributed by atoms with Crippen molar-refractivity contribution in [2.24, 2.45) is 0 Å². The maximum absolute atomic E-state index is 13.4. The zero-order valence-electron chi connectivity index (χ0n) is 19.0. The molecule has 172 valence electrons. The van der Waals surface area contributed by atoms with E-state index in [0.717, 1.165) is 35.6 Å². The van der Waals surface area contributed by atoms with Crippen molar-refractivity contribution in [1.29, 1.82) is 0 Å². The molecule has 34 heavy (non-hydrogen) atoms. The molecule has 0 saturated heterocycles. The molecule has 4 rings (SSSR count). The number of rotatable bonds is 10. The molecule has 1 atom stereocenters. The van der Waals surface area contributed by atoms with Crippen LogP contribution in [0.3, 0.4) is 0 Å². The smallest absolute Gasteiger partial charge is 0.251 e. The Labute approximate surface area is 199 Å². The van der Waals surface area contributed by atoms with Crippen LogP contribution >= 0.6 is 0 Å². The van der Waals surface area contributed by atoms with Crippen LogP contribution in [0.25, 0.3) is 10.8 Å². The molecule has 0 fully saturated rings. The number of carbonyl (C=O) groups excluding carboxylic acids is 2. The Bertz CT molecular complexity index is 1250. The Kier molecular flexibility index (Phi) is 7.82. The van der Waals surface area contributed by atoms with Gasteiger partial charge in [0.05, 0.1) is 6.04 Å². The summed E-state index contributed by atoms with van der Waals surface area (Å²) >= 11 is 0. The van der Waals surface area contributed by atoms with Crippen molar-refractivity contribution in [3.63, 3.8) is 0 Å². The van der Waals surface area contributed by atoms with E-state index in [4.69, 9.17) is 0 Å². The molecule has 4 heteroatoms. The lowest BCUT2D eigenvalue weighted by Crippen LogP contribution is -2.42. The van der Waals surface area contributed by atoms with Crippen molar-refractivity contribution in [2.75, 3.05) is 0 Å². The first kappa shape index (κ1) is 23.4. The van der Waals surface area contributed by atoms with E-state index in [1.807, 2.05) is 54.6 Å². The fourth-order valence-corrected chi connectivity index (χ4v) is 4.12. The second kappa shape index (κ2) is 11.4. The zero-order chi connectivity index (χ0) is 23.8. The van der Waals surface area contributed by atoms with Gasteiger partial charge in [-0.15, -0.1) is 0 Å². The standard InChI is InChI=1S/C30H28FNO2/c31-27-18-14-23(15-19-27)20-28(29(33)13-7-4-10-22-8-2-1-3-9-22)32-30(34)26-17-16-24-11-5-6-12-25(24)21-26/h1-3,5-6,8-9,11-12,14-19,21,28H,4,7,10,13,20H2,(H,32,34)/t28-/m0/s1. The Balaban J connectivity index is 1.43. The van der Waals surface area contributed by atoms with E-state index in [0.29, 0.717) is 18.4 Å². The Morgan fingerprint density at radius 3 is 2.21 bits per heavy atom. The monoisotopic (exact) mass is 453 g/mol. The normalized spacial score (nSPS) is 11.8. The maximum atomic E-state index is 13.4. The number of aryl methyl sites for hydroxylation is 1.